The molecule has 0 aromatic heterocycles. The Morgan fingerprint density at radius 1 is 1.33 bits per heavy atom. The first kappa shape index (κ1) is 19.0. The summed E-state index contributed by atoms with van der Waals surface area (Å²) in [5.74, 6) is -0.0768. The van der Waals surface area contributed by atoms with Gasteiger partial charge in [-0.25, -0.2) is 0 Å². The SMILES string of the molecule is C[C@H]1C[C@H]2[C@@H]([C@H](O)C[C@]3(C)[C@@H]2CC[C@@]3(O)C(=O)CO)[C@@]2(C)C=CC(=O)C=C12. The fraction of sp³-hybridized carbons (Fsp3) is 0.727. The van der Waals surface area contributed by atoms with Gasteiger partial charge in [-0.2, -0.15) is 0 Å². The number of allylic oxidation sites excluding steroid dienone is 4. The molecule has 3 saturated carbocycles. The van der Waals surface area contributed by atoms with Gasteiger partial charge in [-0.3, -0.25) is 9.59 Å². The van der Waals surface area contributed by atoms with Crippen LogP contribution in [-0.4, -0.2) is 45.2 Å². The number of carbonyl (C=O) groups excluding carboxylic acids is 2. The molecule has 4 aliphatic carbocycles. The van der Waals surface area contributed by atoms with E-state index >= 15 is 0 Å². The molecule has 4 rings (SSSR count). The van der Waals surface area contributed by atoms with Gasteiger partial charge in [0.15, 0.2) is 11.6 Å². The van der Waals surface area contributed by atoms with E-state index < -0.39 is 29.5 Å². The fourth-order valence-electron chi connectivity index (χ4n) is 7.34. The van der Waals surface area contributed by atoms with Gasteiger partial charge in [-0.05, 0) is 55.6 Å². The fourth-order valence-corrected chi connectivity index (χ4v) is 7.34. The molecular weight excluding hydrogens is 344 g/mol. The lowest BCUT2D eigenvalue weighted by Crippen LogP contribution is -2.62. The number of aliphatic hydroxyl groups is 3. The summed E-state index contributed by atoms with van der Waals surface area (Å²) in [5.41, 5.74) is -1.59. The molecule has 3 N–H and O–H groups in total. The van der Waals surface area contributed by atoms with Gasteiger partial charge in [0.2, 0.25) is 0 Å². The first-order valence-corrected chi connectivity index (χ1v) is 10.1. The highest BCUT2D eigenvalue weighted by Gasteiger charge is 2.68. The van der Waals surface area contributed by atoms with E-state index in [9.17, 15) is 24.9 Å². The Labute approximate surface area is 160 Å². The van der Waals surface area contributed by atoms with Gasteiger partial charge in [0, 0.05) is 16.7 Å². The van der Waals surface area contributed by atoms with E-state index in [2.05, 4.69) is 13.8 Å². The van der Waals surface area contributed by atoms with Crippen molar-refractivity contribution < 1.29 is 24.9 Å². The largest absolute Gasteiger partial charge is 0.393 e. The summed E-state index contributed by atoms with van der Waals surface area (Å²) in [7, 11) is 0. The predicted octanol–water partition coefficient (Wildman–Crippen LogP) is 1.80. The summed E-state index contributed by atoms with van der Waals surface area (Å²) in [4.78, 5) is 24.4. The van der Waals surface area contributed by atoms with Crippen molar-refractivity contribution in [2.24, 2.45) is 34.5 Å². The summed E-state index contributed by atoms with van der Waals surface area (Å²) < 4.78 is 0. The zero-order chi connectivity index (χ0) is 19.8. The van der Waals surface area contributed by atoms with Crippen molar-refractivity contribution in [3.05, 3.63) is 23.8 Å². The number of carbonyl (C=O) groups is 2. The molecule has 0 unspecified atom stereocenters. The molecule has 0 aromatic rings. The lowest BCUT2D eigenvalue weighted by Gasteiger charge is -2.60. The second-order valence-corrected chi connectivity index (χ2v) is 9.72. The zero-order valence-electron chi connectivity index (χ0n) is 16.3. The number of rotatable bonds is 2. The molecule has 3 fully saturated rings. The highest BCUT2D eigenvalue weighted by Crippen LogP contribution is 2.67. The Balaban J connectivity index is 1.78. The lowest BCUT2D eigenvalue weighted by molar-refractivity contribution is -0.180. The van der Waals surface area contributed by atoms with Crippen LogP contribution >= 0.6 is 0 Å². The van der Waals surface area contributed by atoms with Crippen LogP contribution in [0.3, 0.4) is 0 Å². The molecule has 0 saturated heterocycles. The maximum atomic E-state index is 12.4. The second-order valence-electron chi connectivity index (χ2n) is 9.72. The Hall–Kier alpha value is -1.30. The molecule has 8 atom stereocenters. The van der Waals surface area contributed by atoms with Crippen molar-refractivity contribution in [1.29, 1.82) is 0 Å². The molecule has 0 amide bonds. The monoisotopic (exact) mass is 374 g/mol. The van der Waals surface area contributed by atoms with Crippen LogP contribution < -0.4 is 0 Å². The quantitative estimate of drug-likeness (QED) is 0.685. The molecule has 0 heterocycles. The van der Waals surface area contributed by atoms with E-state index in [0.29, 0.717) is 12.8 Å². The Bertz CT molecular complexity index is 754. The topological polar surface area (TPSA) is 94.8 Å². The molecule has 0 aliphatic heterocycles. The first-order chi connectivity index (χ1) is 12.6. The highest BCUT2D eigenvalue weighted by molar-refractivity contribution is 6.01. The van der Waals surface area contributed by atoms with E-state index in [0.717, 1.165) is 18.4 Å². The molecule has 0 aromatic carbocycles. The van der Waals surface area contributed by atoms with Crippen LogP contribution in [0.2, 0.25) is 0 Å². The number of ketones is 2. The van der Waals surface area contributed by atoms with Crippen LogP contribution in [0.5, 0.6) is 0 Å². The van der Waals surface area contributed by atoms with Crippen LogP contribution in [0, 0.1) is 34.5 Å². The molecule has 4 aliphatic rings. The van der Waals surface area contributed by atoms with E-state index in [4.69, 9.17) is 0 Å². The van der Waals surface area contributed by atoms with Gasteiger partial charge in [-0.1, -0.05) is 32.4 Å². The maximum absolute atomic E-state index is 12.4. The van der Waals surface area contributed by atoms with Crippen molar-refractivity contribution in [2.75, 3.05) is 6.61 Å². The smallest absolute Gasteiger partial charge is 0.190 e. The molecule has 27 heavy (non-hydrogen) atoms. The third kappa shape index (κ3) is 2.28. The van der Waals surface area contributed by atoms with Crippen molar-refractivity contribution in [3.8, 4) is 0 Å². The molecule has 0 radical (unpaired) electrons. The molecule has 0 bridgehead atoms. The Morgan fingerprint density at radius 3 is 2.70 bits per heavy atom. The minimum Gasteiger partial charge on any atom is -0.393 e. The van der Waals surface area contributed by atoms with E-state index in [1.54, 1.807) is 12.2 Å². The van der Waals surface area contributed by atoms with Gasteiger partial charge < -0.3 is 15.3 Å². The number of hydrogen-bond donors (Lipinski definition) is 3. The second kappa shape index (κ2) is 5.85. The summed E-state index contributed by atoms with van der Waals surface area (Å²) in [6, 6.07) is 0. The lowest BCUT2D eigenvalue weighted by atomic mass is 9.45. The predicted molar refractivity (Wildman–Crippen MR) is 99.6 cm³/mol. The van der Waals surface area contributed by atoms with Crippen molar-refractivity contribution in [2.45, 2.75) is 58.2 Å². The Kier molecular flexibility index (Phi) is 4.12. The van der Waals surface area contributed by atoms with Crippen LogP contribution in [0.25, 0.3) is 0 Å². The van der Waals surface area contributed by atoms with Crippen molar-refractivity contribution >= 4 is 11.6 Å². The summed E-state index contributed by atoms with van der Waals surface area (Å²) in [6.45, 7) is 5.48. The van der Waals surface area contributed by atoms with Gasteiger partial charge in [-0.15, -0.1) is 0 Å². The Morgan fingerprint density at radius 2 is 2.04 bits per heavy atom. The van der Waals surface area contributed by atoms with Gasteiger partial charge in [0.1, 0.15) is 12.2 Å². The van der Waals surface area contributed by atoms with Crippen molar-refractivity contribution in [3.63, 3.8) is 0 Å². The molecule has 0 spiro atoms. The average Bonchev–Trinajstić information content (AvgIpc) is 2.87. The average molecular weight is 374 g/mol. The minimum atomic E-state index is -1.57. The number of fused-ring (bicyclic) bond motifs is 5. The van der Waals surface area contributed by atoms with Crippen LogP contribution in [0.15, 0.2) is 23.8 Å². The minimum absolute atomic E-state index is 0.00620. The number of Topliss-reactive ketones (excluding diaryl/α,β-unsaturated/α-hetero) is 1. The van der Waals surface area contributed by atoms with Crippen LogP contribution in [0.1, 0.15) is 46.5 Å². The van der Waals surface area contributed by atoms with E-state index in [-0.39, 0.29) is 34.9 Å². The summed E-state index contributed by atoms with van der Waals surface area (Å²) in [5, 5.41) is 31.9. The van der Waals surface area contributed by atoms with E-state index in [1.165, 1.54) is 0 Å². The van der Waals surface area contributed by atoms with Crippen LogP contribution in [-0.2, 0) is 9.59 Å². The normalized spacial score (nSPS) is 51.3. The summed E-state index contributed by atoms with van der Waals surface area (Å²) in [6.07, 6.45) is 6.87. The maximum Gasteiger partial charge on any atom is 0.190 e. The third-order valence-electron chi connectivity index (χ3n) is 8.57. The molecule has 5 heteroatoms. The molecule has 148 valence electrons. The molecule has 5 nitrogen and oxygen atoms in total. The molecular formula is C22H30O5. The zero-order valence-corrected chi connectivity index (χ0v) is 16.3. The number of aliphatic hydroxyl groups excluding tert-OH is 2. The van der Waals surface area contributed by atoms with Crippen molar-refractivity contribution in [1.82, 2.24) is 0 Å². The van der Waals surface area contributed by atoms with Gasteiger partial charge in [0.25, 0.3) is 0 Å². The van der Waals surface area contributed by atoms with Gasteiger partial charge >= 0.3 is 0 Å². The van der Waals surface area contributed by atoms with E-state index in [1.807, 2.05) is 13.0 Å². The van der Waals surface area contributed by atoms with Gasteiger partial charge in [0.05, 0.1) is 6.10 Å². The first-order valence-electron chi connectivity index (χ1n) is 10.1. The number of hydrogen-bond acceptors (Lipinski definition) is 5. The standard InChI is InChI=1S/C22H30O5/c1-12-8-14-15-5-7-22(27,18(26)11-23)21(15,3)10-17(25)19(14)20(2)6-4-13(24)9-16(12)20/h4,6,9,12,14-15,17,19,23,25,27H,5,7-8,10-11H2,1-3H3/t12-,14+,15+,17+,19-,20-,21+,22+/m0/s1. The third-order valence-corrected chi connectivity index (χ3v) is 8.57. The summed E-state index contributed by atoms with van der Waals surface area (Å²) >= 11 is 0. The highest BCUT2D eigenvalue weighted by atomic mass is 16.3. The van der Waals surface area contributed by atoms with Crippen LogP contribution in [0.4, 0.5) is 0 Å².